The molecule has 1 N–H and O–H groups in total. The van der Waals surface area contributed by atoms with Gasteiger partial charge in [-0.15, -0.1) is 0 Å². The summed E-state index contributed by atoms with van der Waals surface area (Å²) in [5.74, 6) is 2.72. The van der Waals surface area contributed by atoms with Crippen LogP contribution in [0.5, 0.6) is 11.5 Å². The minimum Gasteiger partial charge on any atom is -0.454 e. The van der Waals surface area contributed by atoms with Gasteiger partial charge in [0.1, 0.15) is 5.82 Å². The van der Waals surface area contributed by atoms with Crippen LogP contribution in [0.4, 0.5) is 0 Å². The molecular weight excluding hydrogens is 342 g/mol. The van der Waals surface area contributed by atoms with E-state index in [2.05, 4.69) is 22.6 Å². The molecule has 2 atom stereocenters. The summed E-state index contributed by atoms with van der Waals surface area (Å²) in [6.45, 7) is 2.59. The lowest BCUT2D eigenvalue weighted by Gasteiger charge is -2.36. The summed E-state index contributed by atoms with van der Waals surface area (Å²) in [5.41, 5.74) is 3.28. The summed E-state index contributed by atoms with van der Waals surface area (Å²) in [7, 11) is 2.06. The van der Waals surface area contributed by atoms with Gasteiger partial charge in [0, 0.05) is 19.5 Å². The zero-order valence-corrected chi connectivity index (χ0v) is 15.3. The van der Waals surface area contributed by atoms with E-state index in [9.17, 15) is 5.11 Å². The molecule has 2 aliphatic rings. The van der Waals surface area contributed by atoms with Crippen LogP contribution in [0.15, 0.2) is 42.5 Å². The lowest BCUT2D eigenvalue weighted by Crippen LogP contribution is -2.42. The molecule has 0 bridgehead atoms. The van der Waals surface area contributed by atoms with Crippen molar-refractivity contribution in [2.24, 2.45) is 7.05 Å². The fourth-order valence-corrected chi connectivity index (χ4v) is 4.21. The van der Waals surface area contributed by atoms with Gasteiger partial charge in [-0.3, -0.25) is 4.90 Å². The normalized spacial score (nSPS) is 22.4. The molecule has 0 saturated carbocycles. The van der Waals surface area contributed by atoms with Crippen LogP contribution in [0, 0.1) is 0 Å². The molecule has 0 unspecified atom stereocenters. The lowest BCUT2D eigenvalue weighted by molar-refractivity contribution is 0.0462. The van der Waals surface area contributed by atoms with Crippen LogP contribution in [0.2, 0.25) is 0 Å². The van der Waals surface area contributed by atoms with Gasteiger partial charge in [0.2, 0.25) is 6.79 Å². The number of aliphatic hydroxyl groups excluding tert-OH is 1. The maximum atomic E-state index is 10.8. The number of ether oxygens (including phenoxy) is 2. The molecule has 6 heteroatoms. The monoisotopic (exact) mass is 365 g/mol. The van der Waals surface area contributed by atoms with Crippen LogP contribution in [0.25, 0.3) is 11.0 Å². The number of fused-ring (bicyclic) bond motifs is 2. The average molecular weight is 365 g/mol. The second-order valence-corrected chi connectivity index (χ2v) is 7.39. The second-order valence-electron chi connectivity index (χ2n) is 7.39. The van der Waals surface area contributed by atoms with Gasteiger partial charge in [0.05, 0.1) is 23.7 Å². The molecule has 3 aromatic rings. The molecule has 2 aliphatic heterocycles. The number of aromatic nitrogens is 2. The Morgan fingerprint density at radius 3 is 2.85 bits per heavy atom. The van der Waals surface area contributed by atoms with Crippen molar-refractivity contribution in [2.75, 3.05) is 19.9 Å². The van der Waals surface area contributed by atoms with Crippen LogP contribution < -0.4 is 9.47 Å². The molecule has 0 spiro atoms. The topological polar surface area (TPSA) is 59.8 Å². The van der Waals surface area contributed by atoms with Gasteiger partial charge in [0.15, 0.2) is 11.5 Å². The molecule has 1 aromatic heterocycles. The SMILES string of the molecule is Cn1c(CN2CC[C@@H](c3ccc4c(c3)OCO4)[C@H](O)C2)nc2ccccc21. The Labute approximate surface area is 157 Å². The zero-order chi connectivity index (χ0) is 18.4. The van der Waals surface area contributed by atoms with E-state index in [-0.39, 0.29) is 12.7 Å². The third-order valence-electron chi connectivity index (χ3n) is 5.74. The number of hydrogen-bond donors (Lipinski definition) is 1. The number of nitrogens with zero attached hydrogens (tertiary/aromatic N) is 3. The summed E-state index contributed by atoms with van der Waals surface area (Å²) in [6, 6.07) is 14.2. The third-order valence-corrected chi connectivity index (χ3v) is 5.74. The molecule has 140 valence electrons. The van der Waals surface area contributed by atoms with E-state index in [1.165, 1.54) is 0 Å². The molecule has 3 heterocycles. The van der Waals surface area contributed by atoms with E-state index in [1.54, 1.807) is 0 Å². The smallest absolute Gasteiger partial charge is 0.231 e. The first-order chi connectivity index (χ1) is 13.2. The Morgan fingerprint density at radius 1 is 1.15 bits per heavy atom. The lowest BCUT2D eigenvalue weighted by atomic mass is 9.87. The van der Waals surface area contributed by atoms with Crippen molar-refractivity contribution >= 4 is 11.0 Å². The second kappa shape index (κ2) is 6.55. The number of piperidine rings is 1. The standard InChI is InChI=1S/C21H23N3O3/c1-23-17-5-3-2-4-16(17)22-21(23)12-24-9-8-15(18(25)11-24)14-6-7-19-20(10-14)27-13-26-19/h2-7,10,15,18,25H,8-9,11-13H2,1H3/t15-,18+/m0/s1. The summed E-state index contributed by atoms with van der Waals surface area (Å²) < 4.78 is 13.0. The van der Waals surface area contributed by atoms with Crippen LogP contribution in [0.3, 0.4) is 0 Å². The van der Waals surface area contributed by atoms with Crippen molar-refractivity contribution in [3.05, 3.63) is 53.9 Å². The van der Waals surface area contributed by atoms with Crippen LogP contribution >= 0.6 is 0 Å². The molecule has 1 fully saturated rings. The minimum absolute atomic E-state index is 0.121. The van der Waals surface area contributed by atoms with Crippen molar-refractivity contribution in [3.8, 4) is 11.5 Å². The summed E-state index contributed by atoms with van der Waals surface area (Å²) in [5, 5.41) is 10.8. The van der Waals surface area contributed by atoms with Crippen LogP contribution in [-0.2, 0) is 13.6 Å². The van der Waals surface area contributed by atoms with E-state index in [0.29, 0.717) is 6.54 Å². The molecule has 27 heavy (non-hydrogen) atoms. The summed E-state index contributed by atoms with van der Waals surface area (Å²) in [4.78, 5) is 7.04. The third kappa shape index (κ3) is 2.95. The summed E-state index contributed by atoms with van der Waals surface area (Å²) >= 11 is 0. The summed E-state index contributed by atoms with van der Waals surface area (Å²) in [6.07, 6.45) is 0.499. The number of aryl methyl sites for hydroxylation is 1. The van der Waals surface area contributed by atoms with Crippen molar-refractivity contribution in [1.82, 2.24) is 14.5 Å². The zero-order valence-electron chi connectivity index (χ0n) is 15.3. The first-order valence-corrected chi connectivity index (χ1v) is 9.39. The Morgan fingerprint density at radius 2 is 2.00 bits per heavy atom. The van der Waals surface area contributed by atoms with Crippen molar-refractivity contribution in [3.63, 3.8) is 0 Å². The van der Waals surface area contributed by atoms with E-state index in [4.69, 9.17) is 14.5 Å². The predicted octanol–water partition coefficient (Wildman–Crippen LogP) is 2.65. The Kier molecular flexibility index (Phi) is 4.02. The van der Waals surface area contributed by atoms with Gasteiger partial charge in [0.25, 0.3) is 0 Å². The maximum Gasteiger partial charge on any atom is 0.231 e. The first kappa shape index (κ1) is 16.6. The highest BCUT2D eigenvalue weighted by atomic mass is 16.7. The number of para-hydroxylation sites is 2. The molecule has 0 radical (unpaired) electrons. The van der Waals surface area contributed by atoms with Crippen LogP contribution in [-0.4, -0.2) is 45.5 Å². The highest BCUT2D eigenvalue weighted by Gasteiger charge is 2.30. The quantitative estimate of drug-likeness (QED) is 0.773. The van der Waals surface area contributed by atoms with Crippen molar-refractivity contribution < 1.29 is 14.6 Å². The van der Waals surface area contributed by atoms with Gasteiger partial charge >= 0.3 is 0 Å². The number of rotatable bonds is 3. The van der Waals surface area contributed by atoms with Gasteiger partial charge in [-0.05, 0) is 42.8 Å². The number of β-amino-alcohol motifs (C(OH)–C–C–N with tert-alkyl or cyclic N) is 1. The number of likely N-dealkylation sites (tertiary alicyclic amines) is 1. The van der Waals surface area contributed by atoms with Crippen molar-refractivity contribution in [1.29, 1.82) is 0 Å². The number of aliphatic hydroxyl groups is 1. The van der Waals surface area contributed by atoms with Crippen molar-refractivity contribution in [2.45, 2.75) is 25.0 Å². The van der Waals surface area contributed by atoms with E-state index < -0.39 is 6.10 Å². The number of benzene rings is 2. The fourth-order valence-electron chi connectivity index (χ4n) is 4.21. The Hall–Kier alpha value is -2.57. The molecule has 0 aliphatic carbocycles. The fraction of sp³-hybridized carbons (Fsp3) is 0.381. The average Bonchev–Trinajstić information content (AvgIpc) is 3.26. The van der Waals surface area contributed by atoms with Gasteiger partial charge < -0.3 is 19.1 Å². The Bertz CT molecular complexity index is 984. The molecule has 0 amide bonds. The molecule has 6 nitrogen and oxygen atoms in total. The highest BCUT2D eigenvalue weighted by Crippen LogP contribution is 2.37. The number of hydrogen-bond acceptors (Lipinski definition) is 5. The molecule has 5 rings (SSSR count). The Balaban J connectivity index is 1.30. The van der Waals surface area contributed by atoms with E-state index in [0.717, 1.165) is 53.4 Å². The molecule has 2 aromatic carbocycles. The largest absolute Gasteiger partial charge is 0.454 e. The minimum atomic E-state index is -0.409. The van der Waals surface area contributed by atoms with Gasteiger partial charge in [-0.25, -0.2) is 4.98 Å². The predicted molar refractivity (Wildman–Crippen MR) is 102 cm³/mol. The first-order valence-electron chi connectivity index (χ1n) is 9.39. The van der Waals surface area contributed by atoms with Gasteiger partial charge in [-0.2, -0.15) is 0 Å². The van der Waals surface area contributed by atoms with E-state index >= 15 is 0 Å². The van der Waals surface area contributed by atoms with Crippen LogP contribution in [0.1, 0.15) is 23.7 Å². The highest BCUT2D eigenvalue weighted by molar-refractivity contribution is 5.75. The van der Waals surface area contributed by atoms with E-state index in [1.807, 2.05) is 36.4 Å². The maximum absolute atomic E-state index is 10.8. The number of imidazole rings is 1. The van der Waals surface area contributed by atoms with Gasteiger partial charge in [-0.1, -0.05) is 18.2 Å². The molecule has 1 saturated heterocycles. The molecular formula is C21H23N3O3.